The first-order chi connectivity index (χ1) is 14.0. The second-order valence-corrected chi connectivity index (χ2v) is 8.10. The molecule has 29 heavy (non-hydrogen) atoms. The number of hydrogen-bond acceptors (Lipinski definition) is 5. The molecule has 0 saturated carbocycles. The molecule has 0 saturated heterocycles. The molecular weight excluding hydrogens is 453 g/mol. The average molecular weight is 467 g/mol. The van der Waals surface area contributed by atoms with Crippen molar-refractivity contribution in [3.63, 3.8) is 0 Å². The van der Waals surface area contributed by atoms with E-state index in [2.05, 4.69) is 10.3 Å². The van der Waals surface area contributed by atoms with Gasteiger partial charge in [0.1, 0.15) is 4.49 Å². The molecule has 0 radical (unpaired) electrons. The van der Waals surface area contributed by atoms with E-state index >= 15 is 0 Å². The third kappa shape index (κ3) is 5.42. The lowest BCUT2D eigenvalue weighted by Crippen LogP contribution is -2.09. The molecule has 0 atom stereocenters. The van der Waals surface area contributed by atoms with Crippen LogP contribution in [0, 0.1) is 10.1 Å². The number of nitrogens with one attached hydrogen (secondary N) is 1. The number of hydrogen-bond donors (Lipinski definition) is 1. The van der Waals surface area contributed by atoms with Gasteiger partial charge >= 0.3 is 5.70 Å². The third-order valence-corrected chi connectivity index (χ3v) is 5.88. The maximum atomic E-state index is 11.8. The summed E-state index contributed by atoms with van der Waals surface area (Å²) in [6.45, 7) is 0. The molecular formula is C20H14Cl3N3O2S. The summed E-state index contributed by atoms with van der Waals surface area (Å²) < 4.78 is -0.381. The number of allylic oxidation sites excluding steroid dienone is 1. The highest BCUT2D eigenvalue weighted by molar-refractivity contribution is 8.02. The minimum atomic E-state index is -0.605. The fraction of sp³-hybridized carbons (Fsp3) is 0.0500. The van der Waals surface area contributed by atoms with Crippen LogP contribution in [0.3, 0.4) is 0 Å². The molecule has 9 heteroatoms. The minimum absolute atomic E-state index is 0.209. The van der Waals surface area contributed by atoms with Crippen LogP contribution in [0.15, 0.2) is 87.1 Å². The van der Waals surface area contributed by atoms with E-state index in [1.807, 2.05) is 54.6 Å². The second kappa shape index (κ2) is 9.98. The maximum Gasteiger partial charge on any atom is 0.320 e. The molecule has 148 valence electrons. The lowest BCUT2D eigenvalue weighted by Gasteiger charge is -2.13. The first-order valence-corrected chi connectivity index (χ1v) is 10.5. The number of fused-ring (bicyclic) bond motifs is 1. The SMILES string of the molecule is O=[N+]([O-])/C(C(Cl)=C(Cl)Cl)=C(\Nc1cccc2cccnc12)SCc1ccccc1. The van der Waals surface area contributed by atoms with E-state index in [9.17, 15) is 10.1 Å². The van der Waals surface area contributed by atoms with Gasteiger partial charge in [-0.25, -0.2) is 0 Å². The molecule has 0 fully saturated rings. The molecule has 1 aromatic heterocycles. The predicted octanol–water partition coefficient (Wildman–Crippen LogP) is 6.91. The summed E-state index contributed by atoms with van der Waals surface area (Å²) in [4.78, 5) is 15.6. The Bertz CT molecular complexity index is 1100. The number of thioether (sulfide) groups is 1. The first kappa shape index (κ1) is 21.5. The predicted molar refractivity (Wildman–Crippen MR) is 122 cm³/mol. The molecule has 0 unspecified atom stereocenters. The first-order valence-electron chi connectivity index (χ1n) is 8.34. The van der Waals surface area contributed by atoms with Gasteiger partial charge in [0.15, 0.2) is 10.1 Å². The standard InChI is InChI=1S/C20H14Cl3N3O2S/c21-16(19(22)23)18(26(27)28)20(29-12-13-6-2-1-3-7-13)25-15-10-4-8-14-9-5-11-24-17(14)15/h1-11,25H,12H2/b20-18+. The Morgan fingerprint density at radius 2 is 1.76 bits per heavy atom. The van der Waals surface area contributed by atoms with Crippen LogP contribution in [0.4, 0.5) is 5.69 Å². The molecule has 0 spiro atoms. The highest BCUT2D eigenvalue weighted by Gasteiger charge is 2.26. The van der Waals surface area contributed by atoms with Crippen molar-refractivity contribution < 1.29 is 4.92 Å². The Hall–Kier alpha value is -2.25. The highest BCUT2D eigenvalue weighted by atomic mass is 35.5. The van der Waals surface area contributed by atoms with Crippen LogP contribution < -0.4 is 5.32 Å². The number of halogens is 3. The van der Waals surface area contributed by atoms with Crippen molar-refractivity contribution in [2.75, 3.05) is 5.32 Å². The number of para-hydroxylation sites is 1. The van der Waals surface area contributed by atoms with E-state index in [0.29, 0.717) is 17.0 Å². The van der Waals surface area contributed by atoms with Crippen LogP contribution in [0.2, 0.25) is 0 Å². The Labute approximate surface area is 186 Å². The van der Waals surface area contributed by atoms with Gasteiger partial charge in [-0.15, -0.1) is 0 Å². The minimum Gasteiger partial charge on any atom is -0.343 e. The number of anilines is 1. The zero-order valence-electron chi connectivity index (χ0n) is 14.8. The summed E-state index contributed by atoms with van der Waals surface area (Å²) in [5.41, 5.74) is 1.87. The number of rotatable bonds is 7. The molecule has 0 aliphatic heterocycles. The molecule has 0 aliphatic rings. The van der Waals surface area contributed by atoms with Crippen LogP contribution in [-0.4, -0.2) is 9.91 Å². The van der Waals surface area contributed by atoms with Crippen molar-refractivity contribution >= 4 is 63.2 Å². The average Bonchev–Trinajstić information content (AvgIpc) is 2.72. The van der Waals surface area contributed by atoms with Gasteiger partial charge in [0, 0.05) is 17.3 Å². The Balaban J connectivity index is 2.07. The fourth-order valence-electron chi connectivity index (χ4n) is 2.57. The molecule has 0 amide bonds. The quantitative estimate of drug-likeness (QED) is 0.233. The van der Waals surface area contributed by atoms with E-state index in [1.165, 1.54) is 11.8 Å². The lowest BCUT2D eigenvalue weighted by molar-refractivity contribution is -0.420. The van der Waals surface area contributed by atoms with Crippen molar-refractivity contribution in [1.82, 2.24) is 4.98 Å². The van der Waals surface area contributed by atoms with Crippen molar-refractivity contribution in [3.05, 3.63) is 103 Å². The van der Waals surface area contributed by atoms with Crippen molar-refractivity contribution in [2.45, 2.75) is 5.75 Å². The molecule has 3 rings (SSSR count). The van der Waals surface area contributed by atoms with Gasteiger partial charge in [0.05, 0.1) is 16.1 Å². The maximum absolute atomic E-state index is 11.8. The van der Waals surface area contributed by atoms with Crippen molar-refractivity contribution in [2.24, 2.45) is 0 Å². The summed E-state index contributed by atoms with van der Waals surface area (Å²) in [7, 11) is 0. The molecule has 3 aromatic rings. The number of nitrogens with zero attached hydrogens (tertiary/aromatic N) is 2. The summed E-state index contributed by atoms with van der Waals surface area (Å²) in [5.74, 6) is 0.475. The largest absolute Gasteiger partial charge is 0.343 e. The van der Waals surface area contributed by atoms with Crippen molar-refractivity contribution in [1.29, 1.82) is 0 Å². The van der Waals surface area contributed by atoms with Gasteiger partial charge in [-0.2, -0.15) is 0 Å². The number of nitro groups is 1. The van der Waals surface area contributed by atoms with Gasteiger partial charge in [-0.05, 0) is 17.7 Å². The molecule has 1 N–H and O–H groups in total. The van der Waals surface area contributed by atoms with E-state index < -0.39 is 10.6 Å². The van der Waals surface area contributed by atoms with Crippen LogP contribution in [0.25, 0.3) is 10.9 Å². The van der Waals surface area contributed by atoms with Gasteiger partial charge < -0.3 is 5.32 Å². The van der Waals surface area contributed by atoms with Gasteiger partial charge in [-0.1, -0.05) is 95.1 Å². The summed E-state index contributed by atoms with van der Waals surface area (Å²) in [6.07, 6.45) is 1.66. The highest BCUT2D eigenvalue weighted by Crippen LogP contribution is 2.35. The number of benzene rings is 2. The summed E-state index contributed by atoms with van der Waals surface area (Å²) in [6, 6.07) is 18.8. The monoisotopic (exact) mass is 465 g/mol. The molecule has 2 aromatic carbocycles. The van der Waals surface area contributed by atoms with Gasteiger partial charge in [-0.3, -0.25) is 15.1 Å². The number of pyridine rings is 1. The van der Waals surface area contributed by atoms with Gasteiger partial charge in [0.2, 0.25) is 0 Å². The Kier molecular flexibility index (Phi) is 7.39. The molecule has 1 heterocycles. The zero-order chi connectivity index (χ0) is 20.8. The molecule has 5 nitrogen and oxygen atoms in total. The van der Waals surface area contributed by atoms with Gasteiger partial charge in [0.25, 0.3) is 0 Å². The topological polar surface area (TPSA) is 68.1 Å². The third-order valence-electron chi connectivity index (χ3n) is 3.88. The zero-order valence-corrected chi connectivity index (χ0v) is 17.9. The Morgan fingerprint density at radius 3 is 2.45 bits per heavy atom. The van der Waals surface area contributed by atoms with E-state index in [4.69, 9.17) is 34.8 Å². The van der Waals surface area contributed by atoms with E-state index in [0.717, 1.165) is 10.9 Å². The summed E-state index contributed by atoms with van der Waals surface area (Å²) in [5, 5.41) is 15.7. The molecule has 0 aliphatic carbocycles. The van der Waals surface area contributed by atoms with Crippen molar-refractivity contribution in [3.8, 4) is 0 Å². The van der Waals surface area contributed by atoms with Crippen LogP contribution >= 0.6 is 46.6 Å². The van der Waals surface area contributed by atoms with E-state index in [-0.39, 0.29) is 14.6 Å². The molecule has 0 bridgehead atoms. The second-order valence-electron chi connectivity index (χ2n) is 5.79. The normalized spacial score (nSPS) is 11.7. The fourth-order valence-corrected chi connectivity index (χ4v) is 3.97. The summed E-state index contributed by atoms with van der Waals surface area (Å²) >= 11 is 18.8. The Morgan fingerprint density at radius 1 is 1.03 bits per heavy atom. The van der Waals surface area contributed by atoms with E-state index in [1.54, 1.807) is 12.3 Å². The van der Waals surface area contributed by atoms with Crippen LogP contribution in [-0.2, 0) is 5.75 Å². The number of aromatic nitrogens is 1. The lowest BCUT2D eigenvalue weighted by atomic mass is 10.2. The smallest absolute Gasteiger partial charge is 0.320 e. The van der Waals surface area contributed by atoms with Crippen LogP contribution in [0.1, 0.15) is 5.56 Å². The van der Waals surface area contributed by atoms with Crippen LogP contribution in [0.5, 0.6) is 0 Å².